The van der Waals surface area contributed by atoms with Gasteiger partial charge in [-0.1, -0.05) is 66.2 Å². The molecule has 31 heavy (non-hydrogen) atoms. The van der Waals surface area contributed by atoms with Crippen LogP contribution in [0.2, 0.25) is 5.02 Å². The van der Waals surface area contributed by atoms with Gasteiger partial charge in [0.05, 0.1) is 11.6 Å². The van der Waals surface area contributed by atoms with E-state index in [1.807, 2.05) is 79.7 Å². The molecular weight excluding hydrogens is 408 g/mol. The molecule has 3 aromatic rings. The van der Waals surface area contributed by atoms with Crippen molar-refractivity contribution in [1.82, 2.24) is 5.32 Å². The van der Waals surface area contributed by atoms with Crippen molar-refractivity contribution in [3.8, 4) is 6.07 Å². The molecule has 5 heteroatoms. The van der Waals surface area contributed by atoms with E-state index in [2.05, 4.69) is 11.4 Å². The summed E-state index contributed by atoms with van der Waals surface area (Å²) in [5, 5.41) is 23.5. The summed E-state index contributed by atoms with van der Waals surface area (Å²) in [5.41, 5.74) is 2.07. The molecule has 0 fully saturated rings. The first kappa shape index (κ1) is 22.6. The third-order valence-corrected chi connectivity index (χ3v) is 5.96. The van der Waals surface area contributed by atoms with Crippen molar-refractivity contribution >= 4 is 17.6 Å². The van der Waals surface area contributed by atoms with Crippen LogP contribution in [0, 0.1) is 11.3 Å². The molecule has 3 rings (SSSR count). The number of halogens is 1. The zero-order chi connectivity index (χ0) is 22.4. The molecule has 4 nitrogen and oxygen atoms in total. The lowest BCUT2D eigenvalue weighted by molar-refractivity contribution is -0.145. The lowest BCUT2D eigenvalue weighted by atomic mass is 9.83. The molecule has 0 heterocycles. The van der Waals surface area contributed by atoms with E-state index in [1.54, 1.807) is 13.0 Å². The summed E-state index contributed by atoms with van der Waals surface area (Å²) in [6, 6.07) is 26.3. The van der Waals surface area contributed by atoms with Crippen LogP contribution < -0.4 is 5.32 Å². The third kappa shape index (κ3) is 5.32. The van der Waals surface area contributed by atoms with E-state index in [0.29, 0.717) is 22.6 Å². The molecule has 0 radical (unpaired) electrons. The van der Waals surface area contributed by atoms with Crippen LogP contribution in [0.25, 0.3) is 0 Å². The quantitative estimate of drug-likeness (QED) is 0.491. The maximum absolute atomic E-state index is 12.3. The number of aliphatic carboxylic acids is 1. The number of nitrogens with one attached hydrogen (secondary N) is 1. The summed E-state index contributed by atoms with van der Waals surface area (Å²) in [5.74, 6) is -1.00. The molecule has 0 aliphatic rings. The van der Waals surface area contributed by atoms with E-state index in [-0.39, 0.29) is 12.0 Å². The standard InChI is InChI=1S/C26H25ClN2O2/c1-18(29-26(2,25(30)31)22-9-4-3-5-10-22)24(16-19-11-13-23(27)14-12-19)21-8-6-7-20(15-21)17-28/h3-15,18,24,29H,16H2,1-2H3,(H,30,31)/t18-,24+,26?/m0/s1. The van der Waals surface area contributed by atoms with E-state index >= 15 is 0 Å². The van der Waals surface area contributed by atoms with Gasteiger partial charge in [0.2, 0.25) is 0 Å². The van der Waals surface area contributed by atoms with Gasteiger partial charge < -0.3 is 5.11 Å². The van der Waals surface area contributed by atoms with Gasteiger partial charge in [-0.05, 0) is 61.2 Å². The summed E-state index contributed by atoms with van der Waals surface area (Å²) in [6.45, 7) is 3.68. The average molecular weight is 433 g/mol. The Morgan fingerprint density at radius 3 is 2.39 bits per heavy atom. The normalized spacial score (nSPS) is 14.8. The molecule has 3 atom stereocenters. The van der Waals surface area contributed by atoms with Gasteiger partial charge in [0.25, 0.3) is 0 Å². The molecule has 0 aliphatic heterocycles. The van der Waals surface area contributed by atoms with Gasteiger partial charge in [-0.3, -0.25) is 5.32 Å². The maximum Gasteiger partial charge on any atom is 0.328 e. The van der Waals surface area contributed by atoms with E-state index < -0.39 is 11.5 Å². The zero-order valence-electron chi connectivity index (χ0n) is 17.5. The van der Waals surface area contributed by atoms with E-state index in [9.17, 15) is 15.2 Å². The largest absolute Gasteiger partial charge is 0.480 e. The molecule has 0 saturated heterocycles. The minimum atomic E-state index is -1.26. The summed E-state index contributed by atoms with van der Waals surface area (Å²) in [6.07, 6.45) is 0.671. The number of nitrogens with zero attached hydrogens (tertiary/aromatic N) is 1. The number of rotatable bonds is 8. The molecule has 2 N–H and O–H groups in total. The van der Waals surface area contributed by atoms with Gasteiger partial charge in [-0.15, -0.1) is 0 Å². The average Bonchev–Trinajstić information content (AvgIpc) is 2.79. The molecule has 1 unspecified atom stereocenters. The zero-order valence-corrected chi connectivity index (χ0v) is 18.3. The van der Waals surface area contributed by atoms with Crippen molar-refractivity contribution in [2.45, 2.75) is 37.8 Å². The van der Waals surface area contributed by atoms with E-state index in [4.69, 9.17) is 11.6 Å². The number of hydrogen-bond acceptors (Lipinski definition) is 3. The summed E-state index contributed by atoms with van der Waals surface area (Å²) >= 11 is 6.04. The predicted molar refractivity (Wildman–Crippen MR) is 123 cm³/mol. The van der Waals surface area contributed by atoms with Gasteiger partial charge in [0.15, 0.2) is 0 Å². The molecule has 158 valence electrons. The van der Waals surface area contributed by atoms with Crippen molar-refractivity contribution < 1.29 is 9.90 Å². The molecule has 0 saturated carbocycles. The Morgan fingerprint density at radius 2 is 1.77 bits per heavy atom. The van der Waals surface area contributed by atoms with Gasteiger partial charge in [-0.2, -0.15) is 5.26 Å². The van der Waals surface area contributed by atoms with Crippen LogP contribution in [0.3, 0.4) is 0 Å². The second kappa shape index (κ2) is 9.78. The van der Waals surface area contributed by atoms with Gasteiger partial charge in [0, 0.05) is 17.0 Å². The van der Waals surface area contributed by atoms with E-state index in [0.717, 1.165) is 11.1 Å². The van der Waals surface area contributed by atoms with Crippen LogP contribution in [0.4, 0.5) is 0 Å². The van der Waals surface area contributed by atoms with Crippen molar-refractivity contribution in [3.05, 3.63) is 106 Å². The second-order valence-electron chi connectivity index (χ2n) is 7.90. The van der Waals surface area contributed by atoms with Crippen LogP contribution in [0.1, 0.15) is 42.0 Å². The Balaban J connectivity index is 1.98. The molecule has 0 aliphatic carbocycles. The van der Waals surface area contributed by atoms with Crippen LogP contribution >= 0.6 is 11.6 Å². The van der Waals surface area contributed by atoms with Gasteiger partial charge in [0.1, 0.15) is 5.54 Å². The molecular formula is C26H25ClN2O2. The molecule has 0 spiro atoms. The van der Waals surface area contributed by atoms with Crippen LogP contribution in [0.15, 0.2) is 78.9 Å². The fourth-order valence-electron chi connectivity index (χ4n) is 3.89. The van der Waals surface area contributed by atoms with Crippen LogP contribution in [0.5, 0.6) is 0 Å². The fraction of sp³-hybridized carbons (Fsp3) is 0.231. The number of carbonyl (C=O) groups is 1. The number of nitriles is 1. The summed E-state index contributed by atoms with van der Waals surface area (Å²) in [4.78, 5) is 12.3. The number of hydrogen-bond donors (Lipinski definition) is 2. The summed E-state index contributed by atoms with van der Waals surface area (Å²) < 4.78 is 0. The second-order valence-corrected chi connectivity index (χ2v) is 8.34. The number of benzene rings is 3. The van der Waals surface area contributed by atoms with Crippen molar-refractivity contribution in [2.75, 3.05) is 0 Å². The predicted octanol–water partition coefficient (Wildman–Crippen LogP) is 5.52. The minimum absolute atomic E-state index is 0.0585. The van der Waals surface area contributed by atoms with Crippen LogP contribution in [-0.4, -0.2) is 17.1 Å². The lowest BCUT2D eigenvalue weighted by Crippen LogP contribution is -2.52. The lowest BCUT2D eigenvalue weighted by Gasteiger charge is -2.35. The highest BCUT2D eigenvalue weighted by atomic mass is 35.5. The Bertz CT molecular complexity index is 1080. The Hall–Kier alpha value is -3.13. The Morgan fingerprint density at radius 1 is 1.10 bits per heavy atom. The minimum Gasteiger partial charge on any atom is -0.480 e. The highest BCUT2D eigenvalue weighted by Crippen LogP contribution is 2.30. The first-order chi connectivity index (χ1) is 14.8. The topological polar surface area (TPSA) is 73.1 Å². The first-order valence-corrected chi connectivity index (χ1v) is 10.5. The van der Waals surface area contributed by atoms with Crippen molar-refractivity contribution in [1.29, 1.82) is 5.26 Å². The Kier molecular flexibility index (Phi) is 7.12. The van der Waals surface area contributed by atoms with Gasteiger partial charge >= 0.3 is 5.97 Å². The molecule has 0 amide bonds. The Labute approximate surface area is 188 Å². The number of carboxylic acid groups (broad SMARTS) is 1. The van der Waals surface area contributed by atoms with E-state index in [1.165, 1.54) is 0 Å². The molecule has 0 aromatic heterocycles. The van der Waals surface area contributed by atoms with Crippen molar-refractivity contribution in [3.63, 3.8) is 0 Å². The highest BCUT2D eigenvalue weighted by Gasteiger charge is 2.38. The van der Waals surface area contributed by atoms with Crippen LogP contribution in [-0.2, 0) is 16.8 Å². The molecule has 0 bridgehead atoms. The smallest absolute Gasteiger partial charge is 0.328 e. The maximum atomic E-state index is 12.3. The SMILES string of the molecule is C[C@H](NC(C)(C(=O)O)c1ccccc1)[C@@H](Cc1ccc(Cl)cc1)c1cccc(C#N)c1. The number of carboxylic acids is 1. The first-order valence-electron chi connectivity index (χ1n) is 10.1. The third-order valence-electron chi connectivity index (χ3n) is 5.71. The fourth-order valence-corrected chi connectivity index (χ4v) is 4.02. The van der Waals surface area contributed by atoms with Gasteiger partial charge in [-0.25, -0.2) is 4.79 Å². The summed E-state index contributed by atoms with van der Waals surface area (Å²) in [7, 11) is 0. The monoisotopic (exact) mass is 432 g/mol. The molecule has 3 aromatic carbocycles. The van der Waals surface area contributed by atoms with Crippen molar-refractivity contribution in [2.24, 2.45) is 0 Å². The highest BCUT2D eigenvalue weighted by molar-refractivity contribution is 6.30.